The van der Waals surface area contributed by atoms with Gasteiger partial charge in [0, 0.05) is 28.9 Å². The Balaban J connectivity index is 1.86. The van der Waals surface area contributed by atoms with Crippen LogP contribution >= 0.6 is 0 Å². The summed E-state index contributed by atoms with van der Waals surface area (Å²) >= 11 is 0. The third kappa shape index (κ3) is 2.23. The van der Waals surface area contributed by atoms with Crippen molar-refractivity contribution >= 4 is 39.5 Å². The van der Waals surface area contributed by atoms with Gasteiger partial charge in [-0.05, 0) is 24.6 Å². The van der Waals surface area contributed by atoms with Crippen LogP contribution in [0.25, 0.3) is 27.7 Å². The van der Waals surface area contributed by atoms with Gasteiger partial charge in [0.2, 0.25) is 0 Å². The second-order valence-corrected chi connectivity index (χ2v) is 6.75. The molecule has 28 heavy (non-hydrogen) atoms. The van der Waals surface area contributed by atoms with Crippen LogP contribution in [0.5, 0.6) is 0 Å². The summed E-state index contributed by atoms with van der Waals surface area (Å²) in [6, 6.07) is 11.2. The number of pyridine rings is 1. The van der Waals surface area contributed by atoms with Crippen molar-refractivity contribution in [2.45, 2.75) is 13.5 Å². The van der Waals surface area contributed by atoms with Gasteiger partial charge in [0.05, 0.1) is 29.1 Å². The summed E-state index contributed by atoms with van der Waals surface area (Å²) in [4.78, 5) is 33.2. The molecule has 4 aromatic rings. The number of hydrogen-bond donors (Lipinski definition) is 3. The highest BCUT2D eigenvalue weighted by Crippen LogP contribution is 2.36. The summed E-state index contributed by atoms with van der Waals surface area (Å²) in [5, 5.41) is 12.8. The van der Waals surface area contributed by atoms with E-state index in [1.54, 1.807) is 35.9 Å². The Morgan fingerprint density at radius 3 is 2.68 bits per heavy atom. The molecule has 0 aliphatic carbocycles. The molecule has 138 valence electrons. The van der Waals surface area contributed by atoms with E-state index in [2.05, 4.69) is 15.3 Å². The number of nitrogens with one attached hydrogen (secondary N) is 2. The van der Waals surface area contributed by atoms with Crippen LogP contribution in [0, 0.1) is 6.92 Å². The number of amides is 2. The zero-order chi connectivity index (χ0) is 19.4. The Labute approximate surface area is 159 Å². The van der Waals surface area contributed by atoms with E-state index in [9.17, 15) is 14.7 Å². The number of nitrogens with zero attached hydrogens (tertiary/aromatic N) is 2. The number of carbonyl (C=O) groups excluding carboxylic acids is 2. The number of aliphatic hydroxyl groups is 1. The second-order valence-electron chi connectivity index (χ2n) is 6.75. The normalized spacial score (nSPS) is 14.5. The number of H-pyrrole nitrogens is 1. The van der Waals surface area contributed by atoms with E-state index < -0.39 is 11.8 Å². The van der Waals surface area contributed by atoms with Crippen molar-refractivity contribution in [2.75, 3.05) is 0 Å². The largest absolute Gasteiger partial charge is 0.392 e. The van der Waals surface area contributed by atoms with Crippen molar-refractivity contribution in [1.82, 2.24) is 19.7 Å². The predicted octanol–water partition coefficient (Wildman–Crippen LogP) is 2.18. The molecule has 5 rings (SSSR count). The average molecular weight is 372 g/mol. The van der Waals surface area contributed by atoms with Gasteiger partial charge in [-0.1, -0.05) is 24.3 Å². The highest BCUT2D eigenvalue weighted by molar-refractivity contribution is 6.50. The first-order chi connectivity index (χ1) is 13.6. The van der Waals surface area contributed by atoms with Crippen LogP contribution in [-0.2, 0) is 16.2 Å². The van der Waals surface area contributed by atoms with E-state index >= 15 is 0 Å². The summed E-state index contributed by atoms with van der Waals surface area (Å²) in [6.45, 7) is 1.67. The van der Waals surface area contributed by atoms with E-state index in [0.29, 0.717) is 33.7 Å². The zero-order valence-corrected chi connectivity index (χ0v) is 15.0. The maximum atomic E-state index is 12.8. The number of aromatic nitrogens is 3. The minimum Gasteiger partial charge on any atom is -0.392 e. The first-order valence-electron chi connectivity index (χ1n) is 8.83. The smallest absolute Gasteiger partial charge is 0.261 e. The minimum atomic E-state index is -0.454. The van der Waals surface area contributed by atoms with Crippen molar-refractivity contribution in [3.63, 3.8) is 0 Å². The SMILES string of the molecule is Cc1nc2ccc(CO)cn2c1C1=C(c2c[nH]c3ccccc23)C(=O)NC1=O. The van der Waals surface area contributed by atoms with Crippen molar-refractivity contribution in [3.8, 4) is 0 Å². The van der Waals surface area contributed by atoms with Gasteiger partial charge in [-0.25, -0.2) is 4.98 Å². The Morgan fingerprint density at radius 2 is 1.86 bits per heavy atom. The quantitative estimate of drug-likeness (QED) is 0.480. The molecule has 1 aliphatic heterocycles. The van der Waals surface area contributed by atoms with Crippen molar-refractivity contribution in [2.24, 2.45) is 0 Å². The fraction of sp³-hybridized carbons (Fsp3) is 0.0952. The Morgan fingerprint density at radius 1 is 1.07 bits per heavy atom. The first-order valence-corrected chi connectivity index (χ1v) is 8.83. The Kier molecular flexibility index (Phi) is 3.47. The van der Waals surface area contributed by atoms with Crippen LogP contribution in [0.15, 0.2) is 48.8 Å². The summed E-state index contributed by atoms with van der Waals surface area (Å²) in [7, 11) is 0. The van der Waals surface area contributed by atoms with Crippen molar-refractivity contribution in [1.29, 1.82) is 0 Å². The number of imidazole rings is 1. The number of aromatic amines is 1. The van der Waals surface area contributed by atoms with E-state index in [1.807, 2.05) is 24.3 Å². The molecule has 3 N–H and O–H groups in total. The van der Waals surface area contributed by atoms with E-state index in [0.717, 1.165) is 10.9 Å². The summed E-state index contributed by atoms with van der Waals surface area (Å²) in [5.74, 6) is -0.887. The molecule has 1 aromatic carbocycles. The highest BCUT2D eigenvalue weighted by atomic mass is 16.3. The van der Waals surface area contributed by atoms with Gasteiger partial charge in [0.1, 0.15) is 5.65 Å². The maximum absolute atomic E-state index is 12.8. The lowest BCUT2D eigenvalue weighted by atomic mass is 9.98. The second kappa shape index (κ2) is 5.90. The molecule has 0 fully saturated rings. The zero-order valence-electron chi connectivity index (χ0n) is 15.0. The molecule has 0 atom stereocenters. The molecule has 0 bridgehead atoms. The topological polar surface area (TPSA) is 99.5 Å². The fourth-order valence-electron chi connectivity index (χ4n) is 3.82. The van der Waals surface area contributed by atoms with Crippen LogP contribution in [0.1, 0.15) is 22.5 Å². The average Bonchev–Trinajstić information content (AvgIpc) is 3.33. The third-order valence-electron chi connectivity index (χ3n) is 5.06. The summed E-state index contributed by atoms with van der Waals surface area (Å²) < 4.78 is 1.75. The van der Waals surface area contributed by atoms with Crippen molar-refractivity contribution < 1.29 is 14.7 Å². The molecule has 0 radical (unpaired) electrons. The molecular formula is C21H16N4O3. The molecule has 0 spiro atoms. The van der Waals surface area contributed by atoms with Crippen LogP contribution < -0.4 is 5.32 Å². The van der Waals surface area contributed by atoms with Crippen LogP contribution in [0.2, 0.25) is 0 Å². The number of carbonyl (C=O) groups is 2. The number of hydrogen-bond acceptors (Lipinski definition) is 4. The molecule has 0 unspecified atom stereocenters. The Bertz CT molecular complexity index is 1330. The summed E-state index contributed by atoms with van der Waals surface area (Å²) in [6.07, 6.45) is 3.48. The van der Waals surface area contributed by atoms with E-state index in [1.165, 1.54) is 0 Å². The third-order valence-corrected chi connectivity index (χ3v) is 5.06. The molecule has 1 aliphatic rings. The molecular weight excluding hydrogens is 356 g/mol. The van der Waals surface area contributed by atoms with Crippen LogP contribution in [-0.4, -0.2) is 31.3 Å². The monoisotopic (exact) mass is 372 g/mol. The van der Waals surface area contributed by atoms with Gasteiger partial charge >= 0.3 is 0 Å². The number of aliphatic hydroxyl groups excluding tert-OH is 1. The molecule has 7 heteroatoms. The fourth-order valence-corrected chi connectivity index (χ4v) is 3.82. The highest BCUT2D eigenvalue weighted by Gasteiger charge is 2.36. The van der Waals surface area contributed by atoms with Gasteiger partial charge < -0.3 is 10.1 Å². The van der Waals surface area contributed by atoms with Gasteiger partial charge in [-0.3, -0.25) is 19.3 Å². The number of aryl methyl sites for hydroxylation is 1. The van der Waals surface area contributed by atoms with Gasteiger partial charge in [-0.2, -0.15) is 0 Å². The standard InChI is InChI=1S/C21H16N4O3/c1-11-19(25-9-12(10-26)6-7-16(25)23-11)18-17(20(27)24-21(18)28)14-8-22-15-5-3-2-4-13(14)15/h2-9,22,26H,10H2,1H3,(H,24,27,28). The predicted molar refractivity (Wildman–Crippen MR) is 104 cm³/mol. The summed E-state index contributed by atoms with van der Waals surface area (Å²) in [5.41, 5.74) is 4.67. The number of imide groups is 1. The van der Waals surface area contributed by atoms with Crippen LogP contribution in [0.4, 0.5) is 0 Å². The number of rotatable bonds is 3. The first kappa shape index (κ1) is 16.5. The molecule has 0 saturated heterocycles. The molecule has 7 nitrogen and oxygen atoms in total. The molecule has 2 amide bonds. The number of para-hydroxylation sites is 1. The van der Waals surface area contributed by atoms with E-state index in [4.69, 9.17) is 0 Å². The molecule has 0 saturated carbocycles. The number of benzene rings is 1. The lowest BCUT2D eigenvalue weighted by Crippen LogP contribution is -2.23. The lowest BCUT2D eigenvalue weighted by molar-refractivity contribution is -0.122. The minimum absolute atomic E-state index is 0.133. The lowest BCUT2D eigenvalue weighted by Gasteiger charge is -2.07. The van der Waals surface area contributed by atoms with Gasteiger partial charge in [0.15, 0.2) is 0 Å². The number of fused-ring (bicyclic) bond motifs is 2. The van der Waals surface area contributed by atoms with Crippen LogP contribution in [0.3, 0.4) is 0 Å². The molecule has 3 aromatic heterocycles. The van der Waals surface area contributed by atoms with Gasteiger partial charge in [0.25, 0.3) is 11.8 Å². The van der Waals surface area contributed by atoms with E-state index in [-0.39, 0.29) is 12.2 Å². The van der Waals surface area contributed by atoms with Gasteiger partial charge in [-0.15, -0.1) is 0 Å². The van der Waals surface area contributed by atoms with Crippen molar-refractivity contribution in [3.05, 3.63) is 71.3 Å². The maximum Gasteiger partial charge on any atom is 0.261 e. The Hall–Kier alpha value is -3.71. The molecule has 4 heterocycles.